The highest BCUT2D eigenvalue weighted by Crippen LogP contribution is 2.36. The molecule has 1 aliphatic rings. The van der Waals surface area contributed by atoms with Crippen molar-refractivity contribution in [1.29, 1.82) is 0 Å². The number of allylic oxidation sites excluding steroid dienone is 1. The average Bonchev–Trinajstić information content (AvgIpc) is 2.94. The summed E-state index contributed by atoms with van der Waals surface area (Å²) in [6.07, 6.45) is 6.19. The minimum Gasteiger partial charge on any atom is -0.373 e. The Bertz CT molecular complexity index is 1360. The van der Waals surface area contributed by atoms with Crippen LogP contribution < -0.4 is 0 Å². The Kier molecular flexibility index (Phi) is 9.54. The Balaban J connectivity index is 1.43. The van der Waals surface area contributed by atoms with Gasteiger partial charge in [0.25, 0.3) is 0 Å². The van der Waals surface area contributed by atoms with E-state index in [-0.39, 0.29) is 46.9 Å². The molecule has 1 unspecified atom stereocenters. The molecule has 0 heterocycles. The van der Waals surface area contributed by atoms with Crippen LogP contribution in [0.2, 0.25) is 0 Å². The molecule has 208 valence electrons. The number of halogens is 6. The average molecular weight is 547 g/mol. The highest BCUT2D eigenvalue weighted by Gasteiger charge is 2.24. The maximum atomic E-state index is 15.0. The Morgan fingerprint density at radius 3 is 1.90 bits per heavy atom. The molecule has 0 aliphatic heterocycles. The van der Waals surface area contributed by atoms with Crippen molar-refractivity contribution >= 4 is 5.57 Å². The van der Waals surface area contributed by atoms with E-state index in [4.69, 9.17) is 4.74 Å². The number of rotatable bonds is 10. The minimum atomic E-state index is -1.25. The first-order valence-corrected chi connectivity index (χ1v) is 13.5. The van der Waals surface area contributed by atoms with Crippen LogP contribution in [0, 0.1) is 34.9 Å². The lowest BCUT2D eigenvalue weighted by molar-refractivity contribution is 0.0342. The van der Waals surface area contributed by atoms with Gasteiger partial charge in [0, 0.05) is 22.3 Å². The fourth-order valence-electron chi connectivity index (χ4n) is 4.99. The summed E-state index contributed by atoms with van der Waals surface area (Å²) >= 11 is 0. The third-order valence-corrected chi connectivity index (χ3v) is 7.39. The highest BCUT2D eigenvalue weighted by atomic mass is 19.2. The SMILES string of the molecule is CCCCCc1ccc(COC2CC=C(c3ccc(-c4ccc(CC)c(F)c4F)c(F)c3F)CC2)c(F)c1F. The van der Waals surface area contributed by atoms with Crippen LogP contribution in [0.4, 0.5) is 26.3 Å². The van der Waals surface area contributed by atoms with E-state index >= 15 is 4.39 Å². The predicted octanol–water partition coefficient (Wildman–Crippen LogP) is 9.64. The fourth-order valence-corrected chi connectivity index (χ4v) is 4.99. The predicted molar refractivity (Wildman–Crippen MR) is 141 cm³/mol. The lowest BCUT2D eigenvalue weighted by Gasteiger charge is -2.23. The van der Waals surface area contributed by atoms with E-state index in [0.29, 0.717) is 36.8 Å². The van der Waals surface area contributed by atoms with Gasteiger partial charge in [0.2, 0.25) is 0 Å². The Morgan fingerprint density at radius 2 is 1.23 bits per heavy atom. The Morgan fingerprint density at radius 1 is 0.667 bits per heavy atom. The van der Waals surface area contributed by atoms with Crippen molar-refractivity contribution in [3.63, 3.8) is 0 Å². The number of ether oxygens (including phenoxy) is 1. The first-order valence-electron chi connectivity index (χ1n) is 13.5. The third kappa shape index (κ3) is 6.24. The van der Waals surface area contributed by atoms with Crippen LogP contribution in [0.5, 0.6) is 0 Å². The number of aryl methyl sites for hydroxylation is 2. The number of hydrogen-bond donors (Lipinski definition) is 0. The van der Waals surface area contributed by atoms with Gasteiger partial charge in [-0.05, 0) is 55.2 Å². The molecule has 4 rings (SSSR count). The van der Waals surface area contributed by atoms with Gasteiger partial charge in [0.05, 0.1) is 12.7 Å². The van der Waals surface area contributed by atoms with E-state index in [1.165, 1.54) is 24.3 Å². The third-order valence-electron chi connectivity index (χ3n) is 7.39. The molecule has 0 N–H and O–H groups in total. The largest absolute Gasteiger partial charge is 0.373 e. The molecule has 0 aromatic heterocycles. The summed E-state index contributed by atoms with van der Waals surface area (Å²) < 4.78 is 93.6. The molecular weight excluding hydrogens is 514 g/mol. The van der Waals surface area contributed by atoms with Gasteiger partial charge in [-0.2, -0.15) is 0 Å². The highest BCUT2D eigenvalue weighted by molar-refractivity contribution is 5.72. The number of hydrogen-bond acceptors (Lipinski definition) is 1. The van der Waals surface area contributed by atoms with Crippen LogP contribution >= 0.6 is 0 Å². The molecule has 0 bridgehead atoms. The van der Waals surface area contributed by atoms with Crippen molar-refractivity contribution in [2.75, 3.05) is 0 Å². The van der Waals surface area contributed by atoms with Gasteiger partial charge in [-0.25, -0.2) is 26.3 Å². The molecule has 7 heteroatoms. The van der Waals surface area contributed by atoms with E-state index in [9.17, 15) is 22.0 Å². The zero-order valence-corrected chi connectivity index (χ0v) is 22.2. The van der Waals surface area contributed by atoms with Gasteiger partial charge >= 0.3 is 0 Å². The maximum absolute atomic E-state index is 15.0. The second-order valence-electron chi connectivity index (χ2n) is 9.95. The summed E-state index contributed by atoms with van der Waals surface area (Å²) in [6.45, 7) is 3.62. The van der Waals surface area contributed by atoms with Crippen molar-refractivity contribution in [2.45, 2.75) is 77.9 Å². The molecule has 0 saturated heterocycles. The summed E-state index contributed by atoms with van der Waals surface area (Å²) in [5.74, 6) is -6.37. The van der Waals surface area contributed by atoms with Gasteiger partial charge in [-0.1, -0.05) is 69.2 Å². The molecule has 3 aromatic rings. The van der Waals surface area contributed by atoms with Crippen LogP contribution in [0.1, 0.15) is 74.6 Å². The Labute approximate surface area is 225 Å². The van der Waals surface area contributed by atoms with Crippen molar-refractivity contribution in [1.82, 2.24) is 0 Å². The van der Waals surface area contributed by atoms with Gasteiger partial charge < -0.3 is 4.74 Å². The number of unbranched alkanes of at least 4 members (excludes halogenated alkanes) is 2. The van der Waals surface area contributed by atoms with Crippen LogP contribution in [0.15, 0.2) is 42.5 Å². The zero-order valence-electron chi connectivity index (χ0n) is 22.2. The fraction of sp³-hybridized carbons (Fsp3) is 0.375. The second kappa shape index (κ2) is 12.9. The van der Waals surface area contributed by atoms with Gasteiger partial charge in [0.15, 0.2) is 34.9 Å². The molecule has 3 aromatic carbocycles. The first-order chi connectivity index (χ1) is 18.8. The lowest BCUT2D eigenvalue weighted by Crippen LogP contribution is -2.16. The van der Waals surface area contributed by atoms with E-state index in [0.717, 1.165) is 19.3 Å². The topological polar surface area (TPSA) is 9.23 Å². The van der Waals surface area contributed by atoms with E-state index in [1.54, 1.807) is 25.1 Å². The van der Waals surface area contributed by atoms with Crippen molar-refractivity contribution < 1.29 is 31.1 Å². The monoisotopic (exact) mass is 546 g/mol. The van der Waals surface area contributed by atoms with Crippen LogP contribution in [-0.2, 0) is 24.2 Å². The summed E-state index contributed by atoms with van der Waals surface area (Å²) in [6, 6.07) is 8.39. The first kappa shape index (κ1) is 28.9. The number of benzene rings is 3. The van der Waals surface area contributed by atoms with Gasteiger partial charge in [-0.3, -0.25) is 0 Å². The molecule has 0 amide bonds. The summed E-state index contributed by atoms with van der Waals surface area (Å²) in [5, 5.41) is 0. The summed E-state index contributed by atoms with van der Waals surface area (Å²) in [5.41, 5.74) is 0.592. The van der Waals surface area contributed by atoms with E-state index in [1.807, 2.05) is 6.92 Å². The molecule has 0 saturated carbocycles. The molecule has 0 spiro atoms. The summed E-state index contributed by atoms with van der Waals surface area (Å²) in [4.78, 5) is 0. The van der Waals surface area contributed by atoms with Crippen molar-refractivity contribution in [3.8, 4) is 11.1 Å². The van der Waals surface area contributed by atoms with Crippen molar-refractivity contribution in [2.24, 2.45) is 0 Å². The summed E-state index contributed by atoms with van der Waals surface area (Å²) in [7, 11) is 0. The standard InChI is InChI=1S/C32H32F6O/c1-3-5-6-7-21-8-9-22(29(35)28(21)34)18-39-23-13-10-20(11-14-23)24-16-17-26(32(38)30(24)36)25-15-12-19(4-2)27(33)31(25)37/h8-10,12,15-17,23H,3-7,11,13-14,18H2,1-2H3. The molecule has 1 nitrogen and oxygen atoms in total. The molecule has 0 fully saturated rings. The molecule has 1 atom stereocenters. The smallest absolute Gasteiger partial charge is 0.167 e. The molecule has 1 aliphatic carbocycles. The van der Waals surface area contributed by atoms with Crippen LogP contribution in [-0.4, -0.2) is 6.10 Å². The normalized spacial score (nSPS) is 15.5. The van der Waals surface area contributed by atoms with Crippen LogP contribution in [0.3, 0.4) is 0 Å². The quantitative estimate of drug-likeness (QED) is 0.182. The zero-order chi connectivity index (χ0) is 28.1. The van der Waals surface area contributed by atoms with Gasteiger partial charge in [-0.15, -0.1) is 0 Å². The van der Waals surface area contributed by atoms with E-state index in [2.05, 4.69) is 0 Å². The lowest BCUT2D eigenvalue weighted by atomic mass is 9.90. The minimum absolute atomic E-state index is 0.0486. The molecule has 39 heavy (non-hydrogen) atoms. The molecular formula is C32H32F6O. The second-order valence-corrected chi connectivity index (χ2v) is 9.95. The van der Waals surface area contributed by atoms with Gasteiger partial charge in [0.1, 0.15) is 0 Å². The van der Waals surface area contributed by atoms with Crippen molar-refractivity contribution in [3.05, 3.63) is 99.6 Å². The van der Waals surface area contributed by atoms with E-state index < -0.39 is 34.9 Å². The van der Waals surface area contributed by atoms with Crippen LogP contribution in [0.25, 0.3) is 16.7 Å². The maximum Gasteiger partial charge on any atom is 0.167 e. The molecule has 0 radical (unpaired) electrons. The Hall–Kier alpha value is -3.06.